The van der Waals surface area contributed by atoms with Gasteiger partial charge in [0, 0.05) is 13.5 Å². The van der Waals surface area contributed by atoms with E-state index in [1.807, 2.05) is 6.92 Å². The molecule has 6 heteroatoms. The highest BCUT2D eigenvalue weighted by atomic mass is 19.3. The molecule has 1 aliphatic rings. The standard InChI is InChI=1S/C12H13F2NO3/c1-7(5-11(16)15-2)8-3-4-9-10(6-8)18-12(13,14)17-9/h3-4,6-7H,5H2,1-2H3,(H,15,16)/t7-/m1/s1. The number of alkyl halides is 2. The molecule has 1 N–H and O–H groups in total. The van der Waals surface area contributed by atoms with E-state index in [0.29, 0.717) is 0 Å². The second kappa shape index (κ2) is 4.44. The Hall–Kier alpha value is -1.85. The Kier molecular flexibility index (Phi) is 3.11. The summed E-state index contributed by atoms with van der Waals surface area (Å²) in [7, 11) is 1.55. The van der Waals surface area contributed by atoms with Crippen LogP contribution in [0.1, 0.15) is 24.8 Å². The molecule has 98 valence electrons. The number of amides is 1. The number of rotatable bonds is 3. The Morgan fingerprint density at radius 1 is 1.39 bits per heavy atom. The minimum Gasteiger partial charge on any atom is -0.395 e. The second-order valence-electron chi connectivity index (χ2n) is 4.15. The molecule has 0 saturated heterocycles. The molecule has 1 atom stereocenters. The first-order valence-corrected chi connectivity index (χ1v) is 5.51. The highest BCUT2D eigenvalue weighted by Crippen LogP contribution is 2.42. The Balaban J connectivity index is 2.16. The topological polar surface area (TPSA) is 47.6 Å². The molecule has 0 unspecified atom stereocenters. The van der Waals surface area contributed by atoms with Gasteiger partial charge in [0.05, 0.1) is 0 Å². The van der Waals surface area contributed by atoms with Crippen LogP contribution in [-0.2, 0) is 4.79 Å². The molecule has 1 heterocycles. The summed E-state index contributed by atoms with van der Waals surface area (Å²) in [6, 6.07) is 4.55. The van der Waals surface area contributed by atoms with Gasteiger partial charge in [-0.2, -0.15) is 0 Å². The summed E-state index contributed by atoms with van der Waals surface area (Å²) in [4.78, 5) is 11.2. The maximum atomic E-state index is 12.8. The summed E-state index contributed by atoms with van der Waals surface area (Å²) in [5.74, 6) is -0.185. The lowest BCUT2D eigenvalue weighted by atomic mass is 9.97. The van der Waals surface area contributed by atoms with Crippen LogP contribution in [0.25, 0.3) is 0 Å². The molecule has 0 bridgehead atoms. The van der Waals surface area contributed by atoms with E-state index in [1.54, 1.807) is 13.1 Å². The van der Waals surface area contributed by atoms with Gasteiger partial charge in [0.2, 0.25) is 5.91 Å². The van der Waals surface area contributed by atoms with Crippen LogP contribution in [0.2, 0.25) is 0 Å². The number of benzene rings is 1. The van der Waals surface area contributed by atoms with Crippen molar-refractivity contribution in [1.29, 1.82) is 0 Å². The van der Waals surface area contributed by atoms with Crippen LogP contribution in [-0.4, -0.2) is 19.2 Å². The number of carbonyl (C=O) groups is 1. The smallest absolute Gasteiger partial charge is 0.395 e. The van der Waals surface area contributed by atoms with Crippen LogP contribution < -0.4 is 14.8 Å². The fourth-order valence-corrected chi connectivity index (χ4v) is 1.77. The molecule has 1 aromatic rings. The molecule has 0 saturated carbocycles. The Morgan fingerprint density at radius 2 is 2.06 bits per heavy atom. The summed E-state index contributed by atoms with van der Waals surface area (Å²) in [5, 5.41) is 2.52. The van der Waals surface area contributed by atoms with E-state index in [2.05, 4.69) is 14.8 Å². The molecule has 2 rings (SSSR count). The van der Waals surface area contributed by atoms with Gasteiger partial charge in [-0.3, -0.25) is 4.79 Å². The molecular formula is C12H13F2NO3. The number of fused-ring (bicyclic) bond motifs is 1. The predicted molar refractivity (Wildman–Crippen MR) is 59.7 cm³/mol. The number of carbonyl (C=O) groups excluding carboxylic acids is 1. The average Bonchev–Trinajstić information content (AvgIpc) is 2.61. The summed E-state index contributed by atoms with van der Waals surface area (Å²) >= 11 is 0. The van der Waals surface area contributed by atoms with Gasteiger partial charge in [0.15, 0.2) is 11.5 Å². The molecule has 0 spiro atoms. The third kappa shape index (κ3) is 2.52. The van der Waals surface area contributed by atoms with E-state index in [4.69, 9.17) is 0 Å². The second-order valence-corrected chi connectivity index (χ2v) is 4.15. The maximum Gasteiger partial charge on any atom is 0.586 e. The molecule has 18 heavy (non-hydrogen) atoms. The molecule has 1 aliphatic heterocycles. The minimum atomic E-state index is -3.61. The van der Waals surface area contributed by atoms with Crippen LogP contribution in [0.3, 0.4) is 0 Å². The SMILES string of the molecule is CNC(=O)C[C@@H](C)c1ccc2c(c1)OC(F)(F)O2. The van der Waals surface area contributed by atoms with Crippen molar-refractivity contribution in [2.24, 2.45) is 0 Å². The van der Waals surface area contributed by atoms with Gasteiger partial charge in [-0.1, -0.05) is 13.0 Å². The van der Waals surface area contributed by atoms with E-state index in [0.717, 1.165) is 5.56 Å². The normalized spacial score (nSPS) is 17.3. The van der Waals surface area contributed by atoms with Crippen molar-refractivity contribution in [3.63, 3.8) is 0 Å². The predicted octanol–water partition coefficient (Wildman–Crippen LogP) is 2.25. The molecule has 4 nitrogen and oxygen atoms in total. The van der Waals surface area contributed by atoms with Crippen LogP contribution in [0.5, 0.6) is 11.5 Å². The van der Waals surface area contributed by atoms with Gasteiger partial charge >= 0.3 is 6.29 Å². The molecule has 0 fully saturated rings. The first-order valence-electron chi connectivity index (χ1n) is 5.51. The van der Waals surface area contributed by atoms with Gasteiger partial charge in [0.1, 0.15) is 0 Å². The van der Waals surface area contributed by atoms with Gasteiger partial charge in [-0.05, 0) is 23.6 Å². The van der Waals surface area contributed by atoms with Gasteiger partial charge in [-0.25, -0.2) is 0 Å². The zero-order valence-electron chi connectivity index (χ0n) is 10.00. The first-order chi connectivity index (χ1) is 8.41. The largest absolute Gasteiger partial charge is 0.586 e. The zero-order valence-corrected chi connectivity index (χ0v) is 10.00. The summed E-state index contributed by atoms with van der Waals surface area (Å²) in [6.07, 6.45) is -3.32. The van der Waals surface area contributed by atoms with Crippen LogP contribution in [0.4, 0.5) is 8.78 Å². The van der Waals surface area contributed by atoms with Gasteiger partial charge in [-0.15, -0.1) is 8.78 Å². The summed E-state index contributed by atoms with van der Waals surface area (Å²) in [5.41, 5.74) is 0.749. The van der Waals surface area contributed by atoms with Gasteiger partial charge in [0.25, 0.3) is 0 Å². The van der Waals surface area contributed by atoms with E-state index in [-0.39, 0.29) is 29.7 Å². The third-order valence-corrected chi connectivity index (χ3v) is 2.76. The minimum absolute atomic E-state index is 0.00116. The molecule has 1 aromatic carbocycles. The number of halogens is 2. The first kappa shape index (κ1) is 12.6. The van der Waals surface area contributed by atoms with Crippen molar-refractivity contribution < 1.29 is 23.0 Å². The monoisotopic (exact) mass is 257 g/mol. The van der Waals surface area contributed by atoms with Crippen molar-refractivity contribution in [3.8, 4) is 11.5 Å². The van der Waals surface area contributed by atoms with E-state index in [1.165, 1.54) is 12.1 Å². The van der Waals surface area contributed by atoms with Crippen molar-refractivity contribution in [2.45, 2.75) is 25.6 Å². The number of hydrogen-bond donors (Lipinski definition) is 1. The molecular weight excluding hydrogens is 244 g/mol. The quantitative estimate of drug-likeness (QED) is 0.903. The molecule has 0 aromatic heterocycles. The number of nitrogens with one attached hydrogen (secondary N) is 1. The Morgan fingerprint density at radius 3 is 2.72 bits per heavy atom. The average molecular weight is 257 g/mol. The van der Waals surface area contributed by atoms with Gasteiger partial charge < -0.3 is 14.8 Å². The maximum absolute atomic E-state index is 12.8. The van der Waals surface area contributed by atoms with Crippen LogP contribution in [0, 0.1) is 0 Å². The third-order valence-electron chi connectivity index (χ3n) is 2.76. The van der Waals surface area contributed by atoms with Crippen molar-refractivity contribution in [1.82, 2.24) is 5.32 Å². The highest BCUT2D eigenvalue weighted by Gasteiger charge is 2.43. The van der Waals surface area contributed by atoms with Crippen molar-refractivity contribution >= 4 is 5.91 Å². The van der Waals surface area contributed by atoms with Crippen LogP contribution in [0.15, 0.2) is 18.2 Å². The number of hydrogen-bond acceptors (Lipinski definition) is 3. The van der Waals surface area contributed by atoms with E-state index in [9.17, 15) is 13.6 Å². The Bertz CT molecular complexity index is 476. The summed E-state index contributed by atoms with van der Waals surface area (Å²) in [6.45, 7) is 1.84. The fourth-order valence-electron chi connectivity index (χ4n) is 1.77. The summed E-state index contributed by atoms with van der Waals surface area (Å²) < 4.78 is 34.3. The zero-order chi connectivity index (χ0) is 13.3. The fraction of sp³-hybridized carbons (Fsp3) is 0.417. The number of ether oxygens (including phenoxy) is 2. The molecule has 1 amide bonds. The lowest BCUT2D eigenvalue weighted by Gasteiger charge is -2.11. The van der Waals surface area contributed by atoms with E-state index >= 15 is 0 Å². The van der Waals surface area contributed by atoms with Crippen molar-refractivity contribution in [2.75, 3.05) is 7.05 Å². The van der Waals surface area contributed by atoms with Crippen LogP contribution >= 0.6 is 0 Å². The molecule has 0 radical (unpaired) electrons. The molecule has 0 aliphatic carbocycles. The van der Waals surface area contributed by atoms with E-state index < -0.39 is 6.29 Å². The lowest BCUT2D eigenvalue weighted by Crippen LogP contribution is -2.25. The highest BCUT2D eigenvalue weighted by molar-refractivity contribution is 5.76. The lowest BCUT2D eigenvalue weighted by molar-refractivity contribution is -0.286. The Labute approximate surface area is 103 Å². The van der Waals surface area contributed by atoms with Crippen molar-refractivity contribution in [3.05, 3.63) is 23.8 Å².